The number of carbonyl (C=O) groups excluding carboxylic acids is 1. The van der Waals surface area contributed by atoms with Crippen LogP contribution in [-0.4, -0.2) is 34.0 Å². The van der Waals surface area contributed by atoms with E-state index in [2.05, 4.69) is 52.0 Å². The molecule has 37 heavy (non-hydrogen) atoms. The molecule has 0 spiro atoms. The van der Waals surface area contributed by atoms with Crippen LogP contribution in [0, 0.1) is 0 Å². The number of fused-ring (bicyclic) bond motifs is 1. The predicted molar refractivity (Wildman–Crippen MR) is 146 cm³/mol. The fourth-order valence-electron chi connectivity index (χ4n) is 4.83. The van der Waals surface area contributed by atoms with Crippen LogP contribution in [0.3, 0.4) is 0 Å². The summed E-state index contributed by atoms with van der Waals surface area (Å²) in [5.74, 6) is -0.370. The second kappa shape index (κ2) is 10.6. The highest BCUT2D eigenvalue weighted by atomic mass is 35.5. The van der Waals surface area contributed by atoms with Gasteiger partial charge in [-0.05, 0) is 64.9 Å². The summed E-state index contributed by atoms with van der Waals surface area (Å²) in [4.78, 5) is 26.3. The second-order valence-corrected chi connectivity index (χ2v) is 11.6. The topological polar surface area (TPSA) is 66.8 Å². The van der Waals surface area contributed by atoms with Gasteiger partial charge in [0.15, 0.2) is 0 Å². The van der Waals surface area contributed by atoms with Crippen molar-refractivity contribution < 1.29 is 19.4 Å². The Labute approximate surface area is 224 Å². The Morgan fingerprint density at radius 1 is 1.03 bits per heavy atom. The summed E-state index contributed by atoms with van der Waals surface area (Å²) in [7, 11) is 0. The third-order valence-corrected chi connectivity index (χ3v) is 7.01. The van der Waals surface area contributed by atoms with Gasteiger partial charge in [-0.15, -0.1) is 0 Å². The smallest absolute Gasteiger partial charge is 0.305 e. The minimum atomic E-state index is -0.947. The Bertz CT molecular complexity index is 1300. The molecule has 1 N–H and O–H groups in total. The summed E-state index contributed by atoms with van der Waals surface area (Å²) in [6.45, 7) is 9.10. The number of carboxylic acids is 1. The Balaban J connectivity index is 1.50. The van der Waals surface area contributed by atoms with E-state index < -0.39 is 11.6 Å². The molecule has 3 aromatic carbocycles. The average Bonchev–Trinajstić information content (AvgIpc) is 3.15. The van der Waals surface area contributed by atoms with Crippen molar-refractivity contribution in [1.82, 2.24) is 4.90 Å². The van der Waals surface area contributed by atoms with E-state index in [0.717, 1.165) is 23.3 Å². The van der Waals surface area contributed by atoms with Crippen molar-refractivity contribution in [3.63, 3.8) is 0 Å². The molecule has 1 heterocycles. The van der Waals surface area contributed by atoms with E-state index in [9.17, 15) is 14.7 Å². The molecule has 0 aromatic heterocycles. The molecular formula is C31H34ClNO4. The van der Waals surface area contributed by atoms with Gasteiger partial charge < -0.3 is 14.7 Å². The van der Waals surface area contributed by atoms with E-state index in [-0.39, 0.29) is 30.8 Å². The lowest BCUT2D eigenvalue weighted by Crippen LogP contribution is -2.33. The standard InChI is InChI=1S/C31H34ClNO4/c1-30(2,3)25-11-8-21(9-12-25)18-31(4)19-24-17-23(10-13-27(24)37-31)29(36)33(15-14-28(34)35)20-22-6-5-7-26(32)16-22/h5-13,16-17H,14-15,18-20H2,1-4H3,(H,34,35)/t31-/m1/s1. The van der Waals surface area contributed by atoms with E-state index in [4.69, 9.17) is 16.3 Å². The molecule has 3 aromatic rings. The quantitative estimate of drug-likeness (QED) is 0.360. The number of halogens is 1. The molecule has 1 atom stereocenters. The zero-order valence-electron chi connectivity index (χ0n) is 21.9. The van der Waals surface area contributed by atoms with Crippen molar-refractivity contribution in [3.8, 4) is 5.75 Å². The van der Waals surface area contributed by atoms with Gasteiger partial charge in [0.1, 0.15) is 11.4 Å². The van der Waals surface area contributed by atoms with Gasteiger partial charge >= 0.3 is 5.97 Å². The molecule has 6 heteroatoms. The highest BCUT2D eigenvalue weighted by Gasteiger charge is 2.35. The number of amides is 1. The third kappa shape index (κ3) is 6.72. The SMILES string of the molecule is CC(C)(C)c1ccc(C[C@]2(C)Cc3cc(C(=O)N(CCC(=O)O)Cc4cccc(Cl)c4)ccc3O2)cc1. The fraction of sp³-hybridized carbons (Fsp3) is 0.355. The van der Waals surface area contributed by atoms with Crippen LogP contribution in [0.2, 0.25) is 5.02 Å². The van der Waals surface area contributed by atoms with Gasteiger partial charge in [0.25, 0.3) is 5.91 Å². The summed E-state index contributed by atoms with van der Waals surface area (Å²) in [6, 6.07) is 21.5. The van der Waals surface area contributed by atoms with E-state index in [1.165, 1.54) is 11.1 Å². The van der Waals surface area contributed by atoms with Crippen molar-refractivity contribution in [2.24, 2.45) is 0 Å². The average molecular weight is 520 g/mol. The lowest BCUT2D eigenvalue weighted by Gasteiger charge is -2.25. The number of hydrogen-bond donors (Lipinski definition) is 1. The van der Waals surface area contributed by atoms with Gasteiger partial charge in [0.2, 0.25) is 0 Å². The monoisotopic (exact) mass is 519 g/mol. The number of nitrogens with zero attached hydrogens (tertiary/aromatic N) is 1. The van der Waals surface area contributed by atoms with Crippen LogP contribution in [0.5, 0.6) is 5.75 Å². The van der Waals surface area contributed by atoms with Crippen molar-refractivity contribution >= 4 is 23.5 Å². The molecule has 1 amide bonds. The molecule has 0 saturated heterocycles. The molecule has 0 saturated carbocycles. The van der Waals surface area contributed by atoms with Crippen LogP contribution in [0.15, 0.2) is 66.7 Å². The first kappa shape index (κ1) is 26.7. The number of aliphatic carboxylic acids is 1. The molecule has 0 bridgehead atoms. The Morgan fingerprint density at radius 3 is 2.41 bits per heavy atom. The first-order valence-electron chi connectivity index (χ1n) is 12.6. The second-order valence-electron chi connectivity index (χ2n) is 11.2. The Kier molecular flexibility index (Phi) is 7.65. The van der Waals surface area contributed by atoms with Crippen molar-refractivity contribution in [1.29, 1.82) is 0 Å². The van der Waals surface area contributed by atoms with Gasteiger partial charge in [-0.25, -0.2) is 0 Å². The van der Waals surface area contributed by atoms with Gasteiger partial charge in [-0.1, -0.05) is 68.8 Å². The minimum Gasteiger partial charge on any atom is -0.487 e. The normalized spacial score (nSPS) is 16.7. The number of hydrogen-bond acceptors (Lipinski definition) is 3. The molecule has 0 fully saturated rings. The molecule has 194 valence electrons. The Morgan fingerprint density at radius 2 is 1.76 bits per heavy atom. The van der Waals surface area contributed by atoms with E-state index in [1.807, 2.05) is 24.3 Å². The van der Waals surface area contributed by atoms with Crippen LogP contribution < -0.4 is 4.74 Å². The zero-order chi connectivity index (χ0) is 26.8. The lowest BCUT2D eigenvalue weighted by atomic mass is 9.85. The van der Waals surface area contributed by atoms with Gasteiger partial charge in [-0.3, -0.25) is 9.59 Å². The molecule has 5 nitrogen and oxygen atoms in total. The molecule has 0 unspecified atom stereocenters. The maximum absolute atomic E-state index is 13.5. The van der Waals surface area contributed by atoms with Crippen LogP contribution >= 0.6 is 11.6 Å². The summed E-state index contributed by atoms with van der Waals surface area (Å²) < 4.78 is 6.36. The first-order chi connectivity index (χ1) is 17.4. The molecule has 1 aliphatic heterocycles. The molecule has 0 radical (unpaired) electrons. The largest absolute Gasteiger partial charge is 0.487 e. The molecule has 0 aliphatic carbocycles. The fourth-order valence-corrected chi connectivity index (χ4v) is 5.04. The summed E-state index contributed by atoms with van der Waals surface area (Å²) >= 11 is 6.12. The third-order valence-electron chi connectivity index (χ3n) is 6.77. The van der Waals surface area contributed by atoms with Gasteiger partial charge in [0.05, 0.1) is 6.42 Å². The van der Waals surface area contributed by atoms with E-state index in [0.29, 0.717) is 17.0 Å². The van der Waals surface area contributed by atoms with Crippen molar-refractivity contribution in [3.05, 3.63) is 99.6 Å². The van der Waals surface area contributed by atoms with Crippen LogP contribution in [0.4, 0.5) is 0 Å². The first-order valence-corrected chi connectivity index (χ1v) is 13.0. The van der Waals surface area contributed by atoms with Crippen LogP contribution in [0.1, 0.15) is 66.7 Å². The maximum Gasteiger partial charge on any atom is 0.305 e. The highest BCUT2D eigenvalue weighted by Crippen LogP contribution is 2.38. The minimum absolute atomic E-state index is 0.108. The molecular weight excluding hydrogens is 486 g/mol. The predicted octanol–water partition coefficient (Wildman–Crippen LogP) is 6.69. The van der Waals surface area contributed by atoms with Crippen molar-refractivity contribution in [2.45, 2.75) is 64.5 Å². The van der Waals surface area contributed by atoms with Crippen molar-refractivity contribution in [2.75, 3.05) is 6.54 Å². The summed E-state index contributed by atoms with van der Waals surface area (Å²) in [6.07, 6.45) is 1.31. The van der Waals surface area contributed by atoms with Gasteiger partial charge in [0, 0.05) is 36.5 Å². The number of benzene rings is 3. The lowest BCUT2D eigenvalue weighted by molar-refractivity contribution is -0.137. The molecule has 4 rings (SSSR count). The summed E-state index contributed by atoms with van der Waals surface area (Å²) in [5.41, 5.74) is 4.56. The van der Waals surface area contributed by atoms with Gasteiger partial charge in [-0.2, -0.15) is 0 Å². The number of carboxylic acid groups (broad SMARTS) is 1. The zero-order valence-corrected chi connectivity index (χ0v) is 22.6. The van der Waals surface area contributed by atoms with Crippen LogP contribution in [0.25, 0.3) is 0 Å². The number of rotatable bonds is 8. The number of carbonyl (C=O) groups is 2. The van der Waals surface area contributed by atoms with Crippen LogP contribution in [-0.2, 0) is 29.6 Å². The number of ether oxygens (including phenoxy) is 1. The van der Waals surface area contributed by atoms with E-state index in [1.54, 1.807) is 23.1 Å². The highest BCUT2D eigenvalue weighted by molar-refractivity contribution is 6.30. The Hall–Kier alpha value is -3.31. The maximum atomic E-state index is 13.5. The molecule has 1 aliphatic rings. The van der Waals surface area contributed by atoms with E-state index >= 15 is 0 Å². The summed E-state index contributed by atoms with van der Waals surface area (Å²) in [5, 5.41) is 9.78.